The smallest absolute Gasteiger partial charge is 0.224 e. The van der Waals surface area contributed by atoms with E-state index in [2.05, 4.69) is 0 Å². The van der Waals surface area contributed by atoms with Crippen molar-refractivity contribution in [3.63, 3.8) is 0 Å². The molecular weight excluding hydrogens is 387 g/mol. The van der Waals surface area contributed by atoms with Gasteiger partial charge >= 0.3 is 0 Å². The van der Waals surface area contributed by atoms with Crippen LogP contribution in [-0.4, -0.2) is 35.8 Å². The third-order valence-electron chi connectivity index (χ3n) is 4.79. The molecule has 3 aromatic rings. The van der Waals surface area contributed by atoms with Crippen LogP contribution >= 0.6 is 0 Å². The largest absolute Gasteiger partial charge is 0.331 e. The molecule has 0 unspecified atom stereocenters. The van der Waals surface area contributed by atoms with Crippen LogP contribution in [0.1, 0.15) is 31.1 Å². The molecule has 4 rings (SSSR count). The van der Waals surface area contributed by atoms with E-state index in [0.29, 0.717) is 11.1 Å². The van der Waals surface area contributed by atoms with E-state index >= 15 is 0 Å². The number of ether oxygens (including phenoxy) is 2. The zero-order valence-corrected chi connectivity index (χ0v) is 15.7. The van der Waals surface area contributed by atoms with Crippen molar-refractivity contribution in [2.45, 2.75) is 18.5 Å². The van der Waals surface area contributed by atoms with Crippen molar-refractivity contribution >= 4 is 17.3 Å². The second-order valence-corrected chi connectivity index (χ2v) is 6.78. The molecule has 0 saturated carbocycles. The number of hydrogen-bond donors (Lipinski definition) is 0. The summed E-state index contributed by atoms with van der Waals surface area (Å²) in [5.74, 6) is -2.02. The number of halogens is 1. The van der Waals surface area contributed by atoms with Gasteiger partial charge < -0.3 is 9.47 Å². The Balaban J connectivity index is 1.65. The summed E-state index contributed by atoms with van der Waals surface area (Å²) in [5, 5.41) is 0. The van der Waals surface area contributed by atoms with Crippen LogP contribution in [0.2, 0.25) is 0 Å². The van der Waals surface area contributed by atoms with Gasteiger partial charge in [-0.2, -0.15) is 0 Å². The van der Waals surface area contributed by atoms with Crippen molar-refractivity contribution in [3.05, 3.63) is 107 Å². The lowest BCUT2D eigenvalue weighted by molar-refractivity contribution is -0.0372. The molecule has 0 aromatic heterocycles. The minimum absolute atomic E-state index is 0.156. The number of carbonyl (C=O) groups is 3. The fraction of sp³-hybridized carbons (Fsp3) is 0.125. The molecule has 1 aliphatic rings. The van der Waals surface area contributed by atoms with Crippen molar-refractivity contribution in [1.29, 1.82) is 0 Å². The molecule has 0 amide bonds. The van der Waals surface area contributed by atoms with Crippen LogP contribution < -0.4 is 0 Å². The van der Waals surface area contributed by atoms with E-state index in [0.717, 1.165) is 12.1 Å². The summed E-state index contributed by atoms with van der Waals surface area (Å²) in [7, 11) is 0. The highest BCUT2D eigenvalue weighted by atomic mass is 19.1. The van der Waals surface area contributed by atoms with Gasteiger partial charge in [-0.05, 0) is 24.3 Å². The van der Waals surface area contributed by atoms with Gasteiger partial charge in [0, 0.05) is 16.7 Å². The molecule has 150 valence electrons. The Morgan fingerprint density at radius 3 is 1.43 bits per heavy atom. The van der Waals surface area contributed by atoms with Gasteiger partial charge in [0.05, 0.1) is 0 Å². The number of benzene rings is 3. The van der Waals surface area contributed by atoms with Gasteiger partial charge in [-0.25, -0.2) is 4.39 Å². The predicted octanol–water partition coefficient (Wildman–Crippen LogP) is 3.88. The van der Waals surface area contributed by atoms with E-state index in [1.54, 1.807) is 60.7 Å². The Labute approximate surface area is 172 Å². The van der Waals surface area contributed by atoms with E-state index in [-0.39, 0.29) is 5.56 Å². The normalized spacial score (nSPS) is 20.6. The maximum absolute atomic E-state index is 13.2. The second-order valence-electron chi connectivity index (χ2n) is 6.78. The molecule has 5 nitrogen and oxygen atoms in total. The van der Waals surface area contributed by atoms with Crippen LogP contribution in [0.4, 0.5) is 4.39 Å². The first-order valence-corrected chi connectivity index (χ1v) is 9.34. The first-order chi connectivity index (χ1) is 14.5. The van der Waals surface area contributed by atoms with E-state index in [1.807, 2.05) is 0 Å². The fourth-order valence-electron chi connectivity index (χ4n) is 3.25. The van der Waals surface area contributed by atoms with E-state index in [1.165, 1.54) is 12.1 Å². The average Bonchev–Trinajstić information content (AvgIpc) is 3.24. The predicted molar refractivity (Wildman–Crippen MR) is 106 cm³/mol. The van der Waals surface area contributed by atoms with Crippen molar-refractivity contribution in [3.8, 4) is 0 Å². The lowest BCUT2D eigenvalue weighted by atomic mass is 9.96. The van der Waals surface area contributed by atoms with Gasteiger partial charge in [-0.15, -0.1) is 0 Å². The summed E-state index contributed by atoms with van der Waals surface area (Å²) in [6.07, 6.45) is -4.04. The molecule has 30 heavy (non-hydrogen) atoms. The Morgan fingerprint density at radius 1 is 0.567 bits per heavy atom. The zero-order valence-electron chi connectivity index (χ0n) is 15.7. The molecule has 3 aromatic carbocycles. The lowest BCUT2D eigenvalue weighted by Gasteiger charge is -2.15. The number of ketones is 3. The first kappa shape index (κ1) is 19.8. The van der Waals surface area contributed by atoms with Crippen molar-refractivity contribution in [2.24, 2.45) is 0 Å². The summed E-state index contributed by atoms with van der Waals surface area (Å²) in [5.41, 5.74) is 0.822. The molecule has 0 bridgehead atoms. The van der Waals surface area contributed by atoms with Crippen LogP contribution in [0.25, 0.3) is 0 Å². The summed E-state index contributed by atoms with van der Waals surface area (Å²) in [4.78, 5) is 38.8. The topological polar surface area (TPSA) is 69.7 Å². The number of carbonyl (C=O) groups excluding carboxylic acids is 3. The Hall–Kier alpha value is -3.48. The minimum Gasteiger partial charge on any atom is -0.331 e. The summed E-state index contributed by atoms with van der Waals surface area (Å²) in [6.45, 7) is 0. The Bertz CT molecular complexity index is 1060. The highest BCUT2D eigenvalue weighted by Gasteiger charge is 2.47. The van der Waals surface area contributed by atoms with E-state index in [9.17, 15) is 18.8 Å². The minimum atomic E-state index is -1.40. The van der Waals surface area contributed by atoms with Crippen molar-refractivity contribution in [1.82, 2.24) is 0 Å². The molecule has 1 heterocycles. The van der Waals surface area contributed by atoms with Gasteiger partial charge in [0.2, 0.25) is 12.1 Å². The van der Waals surface area contributed by atoms with Crippen molar-refractivity contribution < 1.29 is 28.2 Å². The molecule has 3 atom stereocenters. The Morgan fingerprint density at radius 2 is 0.967 bits per heavy atom. The van der Waals surface area contributed by atoms with E-state index in [4.69, 9.17) is 9.47 Å². The fourth-order valence-corrected chi connectivity index (χ4v) is 3.25. The van der Waals surface area contributed by atoms with Gasteiger partial charge in [-0.3, -0.25) is 14.4 Å². The lowest BCUT2D eigenvalue weighted by Crippen LogP contribution is -2.37. The summed E-state index contributed by atoms with van der Waals surface area (Å²) in [6, 6.07) is 21.5. The highest BCUT2D eigenvalue weighted by Crippen LogP contribution is 2.28. The van der Waals surface area contributed by atoms with Crippen molar-refractivity contribution in [2.75, 3.05) is 0 Å². The third kappa shape index (κ3) is 3.96. The van der Waals surface area contributed by atoms with Crippen LogP contribution in [-0.2, 0) is 9.47 Å². The number of rotatable bonds is 6. The maximum Gasteiger partial charge on any atom is 0.224 e. The highest BCUT2D eigenvalue weighted by molar-refractivity contribution is 6.09. The Kier molecular flexibility index (Phi) is 5.61. The summed E-state index contributed by atoms with van der Waals surface area (Å²) >= 11 is 0. The molecule has 0 aliphatic carbocycles. The quantitative estimate of drug-likeness (QED) is 0.583. The molecule has 1 fully saturated rings. The summed E-state index contributed by atoms with van der Waals surface area (Å²) < 4.78 is 24.5. The molecule has 1 aliphatic heterocycles. The molecule has 1 saturated heterocycles. The van der Waals surface area contributed by atoms with Gasteiger partial charge in [-0.1, -0.05) is 60.7 Å². The van der Waals surface area contributed by atoms with Crippen LogP contribution in [0.15, 0.2) is 84.9 Å². The average molecular weight is 404 g/mol. The number of Topliss-reactive ketones (excluding diaryl/α,β-unsaturated/α-hetero) is 3. The number of hydrogen-bond acceptors (Lipinski definition) is 5. The van der Waals surface area contributed by atoms with E-state index < -0.39 is 41.7 Å². The van der Waals surface area contributed by atoms with Crippen LogP contribution in [0.3, 0.4) is 0 Å². The van der Waals surface area contributed by atoms with Gasteiger partial charge in [0.15, 0.2) is 23.8 Å². The first-order valence-electron chi connectivity index (χ1n) is 9.34. The monoisotopic (exact) mass is 404 g/mol. The SMILES string of the molecule is O=C(c1ccccc1)[C@@H]1O[C@@H](C(=O)c2ccccc2)[C@H](C(=O)c2ccc(F)cc2)O1. The van der Waals surface area contributed by atoms with Crippen LogP contribution in [0.5, 0.6) is 0 Å². The standard InChI is InChI=1S/C24H17FO5/c25-18-13-11-17(12-14-18)20(27)23-22(19(26)15-7-3-1-4-8-15)29-24(30-23)21(28)16-9-5-2-6-10-16/h1-14,22-24H/t22-,23-,24+/m0/s1. The molecule has 0 radical (unpaired) electrons. The molecule has 0 N–H and O–H groups in total. The maximum atomic E-state index is 13.2. The van der Waals surface area contributed by atoms with Crippen LogP contribution in [0, 0.1) is 5.82 Å². The molecular formula is C24H17FO5. The molecule has 6 heteroatoms. The third-order valence-corrected chi connectivity index (χ3v) is 4.79. The zero-order chi connectivity index (χ0) is 21.1. The molecule has 0 spiro atoms. The van der Waals surface area contributed by atoms with Gasteiger partial charge in [0.25, 0.3) is 0 Å². The van der Waals surface area contributed by atoms with Gasteiger partial charge in [0.1, 0.15) is 5.82 Å². The second kappa shape index (κ2) is 8.49.